The van der Waals surface area contributed by atoms with E-state index in [1.54, 1.807) is 0 Å². The van der Waals surface area contributed by atoms with Crippen LogP contribution in [0.15, 0.2) is 29.3 Å². The Balaban J connectivity index is 1.65. The molecule has 0 spiro atoms. The standard InChI is InChI=1S/C25H42N6/c1-18(2)25(13-8-14-25)31(24(5,6)7)17-27-23(26)29-21-9-11-22(12-10-21)30-15-19(3)28-20(4)16-30/h9-12,17-20,28H,8,13-16H2,1-7H3,(H2,26,29)/b27-17+. The van der Waals surface area contributed by atoms with Crippen LogP contribution in [0.25, 0.3) is 0 Å². The highest BCUT2D eigenvalue weighted by Crippen LogP contribution is 2.45. The first-order valence-electron chi connectivity index (χ1n) is 11.8. The Kier molecular flexibility index (Phi) is 6.99. The summed E-state index contributed by atoms with van der Waals surface area (Å²) in [5.74, 6) is 0.724. The van der Waals surface area contributed by atoms with Gasteiger partial charge in [0.25, 0.3) is 0 Å². The Morgan fingerprint density at radius 2 is 1.77 bits per heavy atom. The maximum Gasteiger partial charge on any atom is 0.221 e. The van der Waals surface area contributed by atoms with Crippen molar-refractivity contribution in [2.24, 2.45) is 10.9 Å². The number of benzene rings is 1. The number of nitrogens with zero attached hydrogens (tertiary/aromatic N) is 3. The minimum absolute atomic E-state index is 0.0340. The van der Waals surface area contributed by atoms with Crippen LogP contribution >= 0.6 is 0 Å². The molecule has 2 fully saturated rings. The Morgan fingerprint density at radius 1 is 1.19 bits per heavy atom. The average Bonchev–Trinajstić information content (AvgIpc) is 2.62. The van der Waals surface area contributed by atoms with E-state index in [1.807, 2.05) is 18.5 Å². The molecular formula is C25H42N6. The monoisotopic (exact) mass is 426 g/mol. The van der Waals surface area contributed by atoms with Gasteiger partial charge in [0.15, 0.2) is 0 Å². The SMILES string of the molecule is CC1CN(c2ccc(NC(=N)/N=C/N(C(C)(C)C)C3(C(C)C)CCC3)cc2)CC(C)N1. The largest absolute Gasteiger partial charge is 0.368 e. The van der Waals surface area contributed by atoms with Gasteiger partial charge in [-0.3, -0.25) is 5.41 Å². The zero-order valence-electron chi connectivity index (χ0n) is 20.5. The Labute approximate surface area is 189 Å². The second-order valence-electron chi connectivity index (χ2n) is 10.8. The number of anilines is 2. The van der Waals surface area contributed by atoms with Gasteiger partial charge in [0.2, 0.25) is 5.96 Å². The van der Waals surface area contributed by atoms with Gasteiger partial charge in [-0.05, 0) is 84.1 Å². The van der Waals surface area contributed by atoms with Crippen molar-refractivity contribution in [3.8, 4) is 0 Å². The first-order chi connectivity index (χ1) is 14.5. The Morgan fingerprint density at radius 3 is 2.23 bits per heavy atom. The van der Waals surface area contributed by atoms with Crippen molar-refractivity contribution in [3.63, 3.8) is 0 Å². The molecule has 0 bridgehead atoms. The molecule has 1 aliphatic heterocycles. The van der Waals surface area contributed by atoms with Gasteiger partial charge in [-0.15, -0.1) is 0 Å². The molecule has 1 saturated carbocycles. The van der Waals surface area contributed by atoms with Gasteiger partial charge in [-0.2, -0.15) is 0 Å². The fraction of sp³-hybridized carbons (Fsp3) is 0.680. The molecule has 31 heavy (non-hydrogen) atoms. The molecule has 0 aromatic heterocycles. The summed E-state index contributed by atoms with van der Waals surface area (Å²) < 4.78 is 0. The third kappa shape index (κ3) is 5.40. The highest BCUT2D eigenvalue weighted by atomic mass is 15.3. The molecule has 1 aromatic rings. The van der Waals surface area contributed by atoms with E-state index in [0.29, 0.717) is 18.0 Å². The van der Waals surface area contributed by atoms with Crippen LogP contribution in [0.3, 0.4) is 0 Å². The van der Waals surface area contributed by atoms with E-state index in [4.69, 9.17) is 5.41 Å². The normalized spacial score (nSPS) is 23.7. The molecule has 1 aliphatic carbocycles. The zero-order valence-corrected chi connectivity index (χ0v) is 20.5. The number of rotatable bonds is 5. The van der Waals surface area contributed by atoms with Crippen LogP contribution in [-0.4, -0.2) is 53.4 Å². The van der Waals surface area contributed by atoms with Gasteiger partial charge in [0.05, 0.1) is 6.34 Å². The predicted octanol–water partition coefficient (Wildman–Crippen LogP) is 4.93. The van der Waals surface area contributed by atoms with Crippen molar-refractivity contribution in [1.82, 2.24) is 10.2 Å². The topological polar surface area (TPSA) is 66.8 Å². The first-order valence-corrected chi connectivity index (χ1v) is 11.8. The molecule has 172 valence electrons. The summed E-state index contributed by atoms with van der Waals surface area (Å²) in [6.45, 7) is 17.8. The van der Waals surface area contributed by atoms with E-state index in [0.717, 1.165) is 18.8 Å². The molecule has 3 rings (SSSR count). The molecule has 6 nitrogen and oxygen atoms in total. The summed E-state index contributed by atoms with van der Waals surface area (Å²) in [6.07, 6.45) is 5.55. The van der Waals surface area contributed by atoms with E-state index in [2.05, 4.69) is 86.0 Å². The van der Waals surface area contributed by atoms with Crippen LogP contribution in [-0.2, 0) is 0 Å². The lowest BCUT2D eigenvalue weighted by molar-refractivity contribution is -0.0176. The van der Waals surface area contributed by atoms with Crippen molar-refractivity contribution in [3.05, 3.63) is 24.3 Å². The van der Waals surface area contributed by atoms with Crippen molar-refractivity contribution < 1.29 is 0 Å². The molecule has 2 atom stereocenters. The van der Waals surface area contributed by atoms with Crippen molar-refractivity contribution >= 4 is 23.7 Å². The highest BCUT2D eigenvalue weighted by molar-refractivity contribution is 5.96. The van der Waals surface area contributed by atoms with E-state index in [9.17, 15) is 0 Å². The maximum absolute atomic E-state index is 8.36. The number of hydrogen-bond donors (Lipinski definition) is 3. The smallest absolute Gasteiger partial charge is 0.221 e. The van der Waals surface area contributed by atoms with Crippen molar-refractivity contribution in [2.45, 2.75) is 90.9 Å². The summed E-state index contributed by atoms with van der Waals surface area (Å²) in [5.41, 5.74) is 2.24. The van der Waals surface area contributed by atoms with E-state index in [1.165, 1.54) is 24.9 Å². The molecule has 0 radical (unpaired) electrons. The molecule has 2 aliphatic rings. The minimum atomic E-state index is -0.0340. The van der Waals surface area contributed by atoms with Crippen LogP contribution in [0.2, 0.25) is 0 Å². The highest BCUT2D eigenvalue weighted by Gasteiger charge is 2.47. The molecule has 6 heteroatoms. The van der Waals surface area contributed by atoms with Crippen LogP contribution in [0, 0.1) is 11.3 Å². The maximum atomic E-state index is 8.36. The molecule has 3 N–H and O–H groups in total. The fourth-order valence-corrected chi connectivity index (χ4v) is 5.17. The van der Waals surface area contributed by atoms with Crippen LogP contribution in [0.1, 0.15) is 67.7 Å². The van der Waals surface area contributed by atoms with Crippen LogP contribution < -0.4 is 15.5 Å². The van der Waals surface area contributed by atoms with E-state index >= 15 is 0 Å². The second kappa shape index (κ2) is 9.19. The predicted molar refractivity (Wildman–Crippen MR) is 134 cm³/mol. The van der Waals surface area contributed by atoms with Gasteiger partial charge >= 0.3 is 0 Å². The van der Waals surface area contributed by atoms with Gasteiger partial charge in [0, 0.05) is 47.6 Å². The zero-order chi connectivity index (χ0) is 22.8. The summed E-state index contributed by atoms with van der Waals surface area (Å²) in [5, 5.41) is 15.1. The van der Waals surface area contributed by atoms with Gasteiger partial charge in [-0.25, -0.2) is 4.99 Å². The number of aliphatic imine (C=N–C) groups is 1. The quantitative estimate of drug-likeness (QED) is 0.461. The summed E-state index contributed by atoms with van der Waals surface area (Å²) in [4.78, 5) is 9.31. The van der Waals surface area contributed by atoms with E-state index in [-0.39, 0.29) is 17.0 Å². The summed E-state index contributed by atoms with van der Waals surface area (Å²) in [7, 11) is 0. The number of hydrogen-bond acceptors (Lipinski definition) is 3. The van der Waals surface area contributed by atoms with Gasteiger partial charge < -0.3 is 20.4 Å². The summed E-state index contributed by atoms with van der Waals surface area (Å²) >= 11 is 0. The molecule has 2 unspecified atom stereocenters. The average molecular weight is 427 g/mol. The second-order valence-corrected chi connectivity index (χ2v) is 10.8. The van der Waals surface area contributed by atoms with Gasteiger partial charge in [0.1, 0.15) is 0 Å². The van der Waals surface area contributed by atoms with E-state index < -0.39 is 0 Å². The molecule has 0 amide bonds. The fourth-order valence-electron chi connectivity index (χ4n) is 5.17. The first kappa shape index (κ1) is 23.6. The third-order valence-electron chi connectivity index (χ3n) is 6.85. The van der Waals surface area contributed by atoms with Crippen molar-refractivity contribution in [2.75, 3.05) is 23.3 Å². The number of piperazine rings is 1. The number of guanidine groups is 1. The third-order valence-corrected chi connectivity index (χ3v) is 6.85. The molecular weight excluding hydrogens is 384 g/mol. The van der Waals surface area contributed by atoms with Crippen LogP contribution in [0.5, 0.6) is 0 Å². The molecule has 1 saturated heterocycles. The number of nitrogens with one attached hydrogen (secondary N) is 3. The van der Waals surface area contributed by atoms with Crippen LogP contribution in [0.4, 0.5) is 11.4 Å². The Bertz CT molecular complexity index is 762. The summed E-state index contributed by atoms with van der Waals surface area (Å²) in [6, 6.07) is 9.32. The lowest BCUT2D eigenvalue weighted by Crippen LogP contribution is -2.62. The van der Waals surface area contributed by atoms with Gasteiger partial charge in [-0.1, -0.05) is 13.8 Å². The van der Waals surface area contributed by atoms with Crippen molar-refractivity contribution in [1.29, 1.82) is 5.41 Å². The lowest BCUT2D eigenvalue weighted by atomic mass is 9.67. The lowest BCUT2D eigenvalue weighted by Gasteiger charge is -2.57. The minimum Gasteiger partial charge on any atom is -0.368 e. The molecule has 1 heterocycles. The Hall–Kier alpha value is -2.08. The molecule has 1 aromatic carbocycles.